The summed E-state index contributed by atoms with van der Waals surface area (Å²) in [5.41, 5.74) is 6.71. The summed E-state index contributed by atoms with van der Waals surface area (Å²) in [7, 11) is 1.35. The molecule has 2 N–H and O–H groups in total. The molecular weight excluding hydrogens is 383 g/mol. The van der Waals surface area contributed by atoms with E-state index in [1.807, 2.05) is 0 Å². The fraction of sp³-hybridized carbons (Fsp3) is 0.154. The van der Waals surface area contributed by atoms with Crippen LogP contribution in [0.25, 0.3) is 17.0 Å². The van der Waals surface area contributed by atoms with Crippen LogP contribution in [-0.2, 0) is 15.2 Å². The maximum Gasteiger partial charge on any atom is 0.451 e. The summed E-state index contributed by atoms with van der Waals surface area (Å²) >= 11 is 0. The summed E-state index contributed by atoms with van der Waals surface area (Å²) in [6.07, 6.45) is -3.46. The summed E-state index contributed by atoms with van der Waals surface area (Å²) in [4.78, 5) is 10.4. The van der Waals surface area contributed by atoms with Gasteiger partial charge in [-0.15, -0.1) is 0 Å². The third kappa shape index (κ3) is 3.24. The lowest BCUT2D eigenvalue weighted by molar-refractivity contribution is -0.144. The number of aryl methyl sites for hydroxylation is 1. The highest BCUT2D eigenvalue weighted by molar-refractivity contribution is 8.13. The Balaban J connectivity index is 2.23. The second kappa shape index (κ2) is 5.56. The van der Waals surface area contributed by atoms with Gasteiger partial charge >= 0.3 is 6.18 Å². The average Bonchev–Trinajstić information content (AvgIpc) is 2.90. The van der Waals surface area contributed by atoms with E-state index >= 15 is 0 Å². The van der Waals surface area contributed by atoms with Gasteiger partial charge in [-0.2, -0.15) is 23.1 Å². The lowest BCUT2D eigenvalue weighted by atomic mass is 10.1. The fourth-order valence-corrected chi connectivity index (χ4v) is 2.96. The van der Waals surface area contributed by atoms with E-state index in [0.29, 0.717) is 11.1 Å². The number of nitrogen functional groups attached to an aromatic ring is 1. The Morgan fingerprint density at radius 2 is 1.88 bits per heavy atom. The number of halogens is 4. The second-order valence-electron chi connectivity index (χ2n) is 5.11. The number of benzene rings is 1. The minimum atomic E-state index is -4.77. The molecule has 0 radical (unpaired) electrons. The zero-order valence-corrected chi connectivity index (χ0v) is 14.0. The van der Waals surface area contributed by atoms with E-state index in [9.17, 15) is 21.6 Å². The van der Waals surface area contributed by atoms with Crippen molar-refractivity contribution < 1.29 is 21.6 Å². The van der Waals surface area contributed by atoms with Crippen molar-refractivity contribution in [1.29, 1.82) is 0 Å². The van der Waals surface area contributed by atoms with Gasteiger partial charge in [-0.05, 0) is 24.6 Å². The fourth-order valence-electron chi connectivity index (χ4n) is 2.19. The number of anilines is 1. The van der Waals surface area contributed by atoms with Gasteiger partial charge in [-0.25, -0.2) is 13.4 Å². The normalized spacial score (nSPS) is 12.7. The molecule has 132 valence electrons. The van der Waals surface area contributed by atoms with Crippen molar-refractivity contribution in [2.75, 3.05) is 5.73 Å². The Hall–Kier alpha value is -2.40. The standard InChI is InChI=1S/C13H9ClF3N5O2S/c1-6-2-3-7(25(14,23)24)4-8(6)9-5-22-11(18)20-10(13(15,16)17)21-12(22)19-9/h2-5H,1H3,(H2,18,19,20,21). The number of hydrogen-bond donors (Lipinski definition) is 1. The third-order valence-corrected chi connectivity index (χ3v) is 4.73. The molecule has 0 spiro atoms. The molecule has 0 unspecified atom stereocenters. The van der Waals surface area contributed by atoms with E-state index in [4.69, 9.17) is 16.4 Å². The highest BCUT2D eigenvalue weighted by Crippen LogP contribution is 2.30. The molecule has 0 bridgehead atoms. The molecule has 2 heterocycles. The summed E-state index contributed by atoms with van der Waals surface area (Å²) in [5.74, 6) is -2.17. The first-order valence-electron chi connectivity index (χ1n) is 6.62. The maximum atomic E-state index is 12.8. The van der Waals surface area contributed by atoms with Crippen molar-refractivity contribution >= 4 is 31.5 Å². The van der Waals surface area contributed by atoms with Crippen molar-refractivity contribution in [3.8, 4) is 11.3 Å². The number of rotatable bonds is 2. The summed E-state index contributed by atoms with van der Waals surface area (Å²) in [5, 5.41) is 0. The van der Waals surface area contributed by atoms with E-state index in [1.165, 1.54) is 24.4 Å². The zero-order chi connectivity index (χ0) is 18.6. The molecule has 3 aromatic rings. The Morgan fingerprint density at radius 3 is 2.48 bits per heavy atom. The molecule has 0 saturated heterocycles. The SMILES string of the molecule is Cc1ccc(S(=O)(=O)Cl)cc1-c1cn2c(N)nc(C(F)(F)F)nc2n1. The van der Waals surface area contributed by atoms with Crippen molar-refractivity contribution in [2.45, 2.75) is 18.0 Å². The highest BCUT2D eigenvalue weighted by atomic mass is 35.7. The number of aromatic nitrogens is 4. The molecule has 12 heteroatoms. The quantitative estimate of drug-likeness (QED) is 0.673. The Bertz CT molecular complexity index is 1090. The lowest BCUT2D eigenvalue weighted by Gasteiger charge is -2.05. The van der Waals surface area contributed by atoms with Crippen molar-refractivity contribution in [3.63, 3.8) is 0 Å². The minimum absolute atomic E-state index is 0.165. The van der Waals surface area contributed by atoms with Crippen LogP contribution >= 0.6 is 10.7 Å². The first-order valence-corrected chi connectivity index (χ1v) is 8.93. The van der Waals surface area contributed by atoms with Crippen molar-refractivity contribution in [1.82, 2.24) is 19.4 Å². The van der Waals surface area contributed by atoms with Crippen LogP contribution in [0, 0.1) is 6.92 Å². The molecule has 0 saturated carbocycles. The van der Waals surface area contributed by atoms with Gasteiger partial charge in [0.2, 0.25) is 17.6 Å². The number of fused-ring (bicyclic) bond motifs is 1. The lowest BCUT2D eigenvalue weighted by Crippen LogP contribution is -2.15. The van der Waals surface area contributed by atoms with E-state index in [0.717, 1.165) is 4.40 Å². The van der Waals surface area contributed by atoms with E-state index < -0.39 is 27.0 Å². The highest BCUT2D eigenvalue weighted by Gasteiger charge is 2.36. The monoisotopic (exact) mass is 391 g/mol. The second-order valence-corrected chi connectivity index (χ2v) is 7.68. The van der Waals surface area contributed by atoms with Crippen LogP contribution in [-0.4, -0.2) is 27.8 Å². The Kier molecular flexibility index (Phi) is 3.88. The van der Waals surface area contributed by atoms with Crippen LogP contribution in [0.2, 0.25) is 0 Å². The minimum Gasteiger partial charge on any atom is -0.369 e. The molecule has 0 aliphatic rings. The van der Waals surface area contributed by atoms with Gasteiger partial charge in [0, 0.05) is 22.4 Å². The van der Waals surface area contributed by atoms with Gasteiger partial charge in [-0.1, -0.05) is 6.07 Å². The predicted octanol–water partition coefficient (Wildman–Crippen LogP) is 2.63. The van der Waals surface area contributed by atoms with Gasteiger partial charge in [0.15, 0.2) is 0 Å². The first-order chi connectivity index (χ1) is 11.5. The number of nitrogens with two attached hydrogens (primary N) is 1. The summed E-state index contributed by atoms with van der Waals surface area (Å²) in [6, 6.07) is 4.09. The van der Waals surface area contributed by atoms with Crippen LogP contribution in [0.4, 0.5) is 19.1 Å². The smallest absolute Gasteiger partial charge is 0.369 e. The molecule has 3 rings (SSSR count). The molecule has 0 fully saturated rings. The molecule has 0 aliphatic heterocycles. The molecule has 0 amide bonds. The first kappa shape index (κ1) is 17.4. The molecule has 7 nitrogen and oxygen atoms in total. The van der Waals surface area contributed by atoms with Gasteiger partial charge in [0.1, 0.15) is 0 Å². The largest absolute Gasteiger partial charge is 0.451 e. The summed E-state index contributed by atoms with van der Waals surface area (Å²) in [6.45, 7) is 1.68. The van der Waals surface area contributed by atoms with E-state index in [1.54, 1.807) is 6.92 Å². The van der Waals surface area contributed by atoms with Crippen molar-refractivity contribution in [2.24, 2.45) is 0 Å². The number of nitrogens with zero attached hydrogens (tertiary/aromatic N) is 4. The van der Waals surface area contributed by atoms with Gasteiger partial charge in [0.05, 0.1) is 10.6 Å². The van der Waals surface area contributed by atoms with Crippen LogP contribution in [0.1, 0.15) is 11.4 Å². The van der Waals surface area contributed by atoms with Crippen molar-refractivity contribution in [3.05, 3.63) is 35.8 Å². The topological polar surface area (TPSA) is 103 Å². The number of alkyl halides is 3. The van der Waals surface area contributed by atoms with Gasteiger partial charge < -0.3 is 5.73 Å². The van der Waals surface area contributed by atoms with Crippen LogP contribution in [0.15, 0.2) is 29.3 Å². The Morgan fingerprint density at radius 1 is 1.20 bits per heavy atom. The van der Waals surface area contributed by atoms with E-state index in [-0.39, 0.29) is 16.4 Å². The molecule has 25 heavy (non-hydrogen) atoms. The average molecular weight is 392 g/mol. The van der Waals surface area contributed by atoms with Gasteiger partial charge in [0.25, 0.3) is 9.05 Å². The van der Waals surface area contributed by atoms with E-state index in [2.05, 4.69) is 15.0 Å². The molecule has 1 aromatic carbocycles. The number of imidazole rings is 1. The summed E-state index contributed by atoms with van der Waals surface area (Å²) < 4.78 is 62.4. The van der Waals surface area contributed by atoms with Crippen LogP contribution in [0.5, 0.6) is 0 Å². The van der Waals surface area contributed by atoms with Crippen LogP contribution < -0.4 is 5.73 Å². The maximum absolute atomic E-state index is 12.8. The van der Waals surface area contributed by atoms with Crippen LogP contribution in [0.3, 0.4) is 0 Å². The molecule has 0 aliphatic carbocycles. The molecule has 2 aromatic heterocycles. The predicted molar refractivity (Wildman–Crippen MR) is 83.4 cm³/mol. The molecule has 0 atom stereocenters. The molecular formula is C13H9ClF3N5O2S. The number of hydrogen-bond acceptors (Lipinski definition) is 6. The van der Waals surface area contributed by atoms with Gasteiger partial charge in [-0.3, -0.25) is 4.40 Å². The third-order valence-electron chi connectivity index (χ3n) is 3.38. The Labute approximate surface area is 143 Å². The zero-order valence-electron chi connectivity index (χ0n) is 12.4.